The molecule has 0 fully saturated rings. The van der Waals surface area contributed by atoms with Gasteiger partial charge in [0.25, 0.3) is 0 Å². The molecule has 0 radical (unpaired) electrons. The van der Waals surface area contributed by atoms with Gasteiger partial charge in [-0.3, -0.25) is 9.38 Å². The molecule has 1 aromatic carbocycles. The van der Waals surface area contributed by atoms with Crippen molar-refractivity contribution in [1.82, 2.24) is 18.9 Å². The highest BCUT2D eigenvalue weighted by molar-refractivity contribution is 5.66. The number of rotatable bonds is 4. The molecule has 0 unspecified atom stereocenters. The Morgan fingerprint density at radius 3 is 2.56 bits per heavy atom. The predicted octanol–water partition coefficient (Wildman–Crippen LogP) is 5.52. The number of aromatic nitrogens is 5. The Balaban J connectivity index is 1.60. The van der Waals surface area contributed by atoms with Crippen molar-refractivity contribution < 1.29 is 9.30 Å². The van der Waals surface area contributed by atoms with E-state index in [9.17, 15) is 0 Å². The quantitative estimate of drug-likeness (QED) is 0.267. The number of nitrogens with zero attached hydrogens (tertiary/aromatic N) is 5. The molecule has 6 nitrogen and oxygen atoms in total. The third kappa shape index (κ3) is 4.07. The van der Waals surface area contributed by atoms with Crippen LogP contribution < -0.4 is 9.30 Å². The van der Waals surface area contributed by atoms with E-state index in [1.54, 1.807) is 0 Å². The first kappa shape index (κ1) is 21.9. The molecule has 0 amide bonds. The van der Waals surface area contributed by atoms with Crippen LogP contribution in [0.4, 0.5) is 0 Å². The van der Waals surface area contributed by atoms with Crippen molar-refractivity contribution in [2.45, 2.75) is 40.0 Å². The Hall–Kier alpha value is -3.93. The van der Waals surface area contributed by atoms with Crippen LogP contribution in [-0.4, -0.2) is 18.9 Å². The second-order valence-electron chi connectivity index (χ2n) is 9.71. The number of imidazole rings is 2. The van der Waals surface area contributed by atoms with Gasteiger partial charge in [0.2, 0.25) is 6.33 Å². The van der Waals surface area contributed by atoms with Gasteiger partial charge < -0.3 is 13.9 Å². The fourth-order valence-corrected chi connectivity index (χ4v) is 4.07. The molecule has 5 aromatic rings. The third-order valence-corrected chi connectivity index (χ3v) is 6.09. The number of aryl methyl sites for hydroxylation is 3. The summed E-state index contributed by atoms with van der Waals surface area (Å²) in [5.74, 6) is 1.46. The lowest BCUT2D eigenvalue weighted by molar-refractivity contribution is -0.599. The molecule has 4 aromatic heterocycles. The van der Waals surface area contributed by atoms with Crippen LogP contribution in [0.5, 0.6) is 11.5 Å². The van der Waals surface area contributed by atoms with Crippen molar-refractivity contribution in [3.63, 3.8) is 0 Å². The Kier molecular flexibility index (Phi) is 5.24. The summed E-state index contributed by atoms with van der Waals surface area (Å²) in [6.45, 7) is 10.8. The molecular formula is C28H29N5O. The minimum absolute atomic E-state index is 0.0252. The second kappa shape index (κ2) is 8.13. The third-order valence-electron chi connectivity index (χ3n) is 6.09. The van der Waals surface area contributed by atoms with Crippen LogP contribution in [0, 0.1) is 20.2 Å². The van der Waals surface area contributed by atoms with Gasteiger partial charge in [0.05, 0.1) is 29.8 Å². The molecule has 0 bridgehead atoms. The second-order valence-corrected chi connectivity index (χ2v) is 9.71. The number of hydrogen-bond donors (Lipinski definition) is 0. The average Bonchev–Trinajstić information content (AvgIpc) is 3.36. The number of benzene rings is 1. The molecule has 34 heavy (non-hydrogen) atoms. The number of hydrogen-bond acceptors (Lipinski definition) is 3. The van der Waals surface area contributed by atoms with Gasteiger partial charge in [-0.05, 0) is 49.1 Å². The Morgan fingerprint density at radius 2 is 1.82 bits per heavy atom. The first-order valence-electron chi connectivity index (χ1n) is 11.4. The highest BCUT2D eigenvalue weighted by Crippen LogP contribution is 2.32. The number of fused-ring (bicyclic) bond motifs is 1. The molecule has 6 heteroatoms. The van der Waals surface area contributed by atoms with E-state index >= 15 is 0 Å². The van der Waals surface area contributed by atoms with Crippen LogP contribution in [0.25, 0.3) is 22.7 Å². The van der Waals surface area contributed by atoms with Crippen molar-refractivity contribution in [2.75, 3.05) is 0 Å². The first-order valence-corrected chi connectivity index (χ1v) is 11.4. The van der Waals surface area contributed by atoms with Crippen LogP contribution in [-0.2, 0) is 12.5 Å². The van der Waals surface area contributed by atoms with E-state index < -0.39 is 0 Å². The largest absolute Gasteiger partial charge is 0.458 e. The van der Waals surface area contributed by atoms with Crippen LogP contribution >= 0.6 is 0 Å². The van der Waals surface area contributed by atoms with Gasteiger partial charge in [0.1, 0.15) is 17.1 Å². The summed E-state index contributed by atoms with van der Waals surface area (Å²) in [4.78, 5) is 9.50. The highest BCUT2D eigenvalue weighted by Gasteiger charge is 2.18. The molecule has 0 aliphatic carbocycles. The van der Waals surface area contributed by atoms with Gasteiger partial charge >= 0.3 is 0 Å². The van der Waals surface area contributed by atoms with E-state index in [1.807, 2.05) is 78.1 Å². The smallest absolute Gasteiger partial charge is 0.243 e. The van der Waals surface area contributed by atoms with Crippen LogP contribution in [0.15, 0.2) is 67.1 Å². The van der Waals surface area contributed by atoms with Gasteiger partial charge in [-0.25, -0.2) is 4.98 Å². The van der Waals surface area contributed by atoms with Crippen LogP contribution in [0.1, 0.15) is 37.7 Å². The lowest BCUT2D eigenvalue weighted by Gasteiger charge is -2.20. The van der Waals surface area contributed by atoms with Crippen molar-refractivity contribution >= 4 is 5.65 Å². The van der Waals surface area contributed by atoms with Crippen molar-refractivity contribution in [2.24, 2.45) is 7.05 Å². The standard InChI is InChI=1S/C28H29N5O/c1-19-20(2)33-26(25-14-21(10-11-29-25)28(3,4)5)16-24(17-27(33)30-19)34-23-9-7-8-22(15-23)32-13-12-31(6)18-32/h7-17H,1-6H3. The van der Waals surface area contributed by atoms with Gasteiger partial charge in [-0.15, -0.1) is 0 Å². The van der Waals surface area contributed by atoms with Crippen molar-refractivity contribution in [1.29, 1.82) is 0 Å². The summed E-state index contributed by atoms with van der Waals surface area (Å²) in [5, 5.41) is 0. The maximum Gasteiger partial charge on any atom is 0.243 e. The summed E-state index contributed by atoms with van der Waals surface area (Å²) in [6, 6.07) is 16.2. The molecule has 0 spiro atoms. The molecule has 0 saturated heterocycles. The molecule has 4 heterocycles. The summed E-state index contributed by atoms with van der Waals surface area (Å²) in [6.07, 6.45) is 9.02. The molecule has 172 valence electrons. The lowest BCUT2D eigenvalue weighted by Crippen LogP contribution is -2.27. The van der Waals surface area contributed by atoms with Gasteiger partial charge in [0.15, 0.2) is 0 Å². The van der Waals surface area contributed by atoms with E-state index in [0.29, 0.717) is 0 Å². The van der Waals surface area contributed by atoms with Crippen LogP contribution in [0.3, 0.4) is 0 Å². The molecule has 5 rings (SSSR count). The van der Waals surface area contributed by atoms with E-state index in [1.165, 1.54) is 5.56 Å². The fraction of sp³-hybridized carbons (Fsp3) is 0.250. The summed E-state index contributed by atoms with van der Waals surface area (Å²) < 4.78 is 12.3. The molecular weight excluding hydrogens is 422 g/mol. The summed E-state index contributed by atoms with van der Waals surface area (Å²) in [7, 11) is 1.95. The molecule has 0 aliphatic rings. The highest BCUT2D eigenvalue weighted by atomic mass is 16.5. The zero-order valence-corrected chi connectivity index (χ0v) is 20.5. The zero-order chi connectivity index (χ0) is 24.0. The minimum atomic E-state index is 0.0252. The Morgan fingerprint density at radius 1 is 1.00 bits per heavy atom. The zero-order valence-electron chi connectivity index (χ0n) is 20.5. The Labute approximate surface area is 200 Å². The lowest BCUT2D eigenvalue weighted by atomic mass is 9.87. The van der Waals surface area contributed by atoms with Gasteiger partial charge in [0, 0.05) is 36.4 Å². The van der Waals surface area contributed by atoms with Crippen LogP contribution in [0.2, 0.25) is 0 Å². The van der Waals surface area contributed by atoms with Gasteiger partial charge in [-0.1, -0.05) is 32.9 Å². The first-order chi connectivity index (χ1) is 16.2. The van der Waals surface area contributed by atoms with Gasteiger partial charge in [-0.2, -0.15) is 0 Å². The van der Waals surface area contributed by atoms with E-state index in [2.05, 4.69) is 50.6 Å². The number of ether oxygens (including phenoxy) is 1. The van der Waals surface area contributed by atoms with E-state index in [-0.39, 0.29) is 5.41 Å². The average molecular weight is 452 g/mol. The monoisotopic (exact) mass is 451 g/mol. The molecule has 0 saturated carbocycles. The summed E-state index contributed by atoms with van der Waals surface area (Å²) in [5.41, 5.74) is 7.01. The normalized spacial score (nSPS) is 11.8. The summed E-state index contributed by atoms with van der Waals surface area (Å²) >= 11 is 0. The Bertz CT molecular complexity index is 1500. The molecule has 0 aliphatic heterocycles. The predicted molar refractivity (Wildman–Crippen MR) is 132 cm³/mol. The molecule has 0 atom stereocenters. The SMILES string of the molecule is Cc1nc2cc(Oc3cccc(-[n+]4[c-]n(C)cc4)c3)cc(-c3cc(C(C)(C)C)ccn3)n2c1C. The van der Waals surface area contributed by atoms with Crippen molar-refractivity contribution in [3.8, 4) is 28.6 Å². The molecule has 0 N–H and O–H groups in total. The maximum absolute atomic E-state index is 6.35. The number of pyridine rings is 2. The van der Waals surface area contributed by atoms with Crippen molar-refractivity contribution in [3.05, 3.63) is 90.4 Å². The fourth-order valence-electron chi connectivity index (χ4n) is 4.07. The van der Waals surface area contributed by atoms with E-state index in [0.717, 1.165) is 45.6 Å². The maximum atomic E-state index is 6.35. The topological polar surface area (TPSA) is 48.2 Å². The minimum Gasteiger partial charge on any atom is -0.458 e. The van der Waals surface area contributed by atoms with E-state index in [4.69, 9.17) is 14.7 Å².